The van der Waals surface area contributed by atoms with Gasteiger partial charge in [-0.05, 0) is 57.4 Å². The molecule has 0 saturated carbocycles. The lowest BCUT2D eigenvalue weighted by Crippen LogP contribution is -2.40. The Bertz CT molecular complexity index is 914. The molecule has 7 nitrogen and oxygen atoms in total. The normalized spacial score (nSPS) is 11.7. The van der Waals surface area contributed by atoms with Crippen molar-refractivity contribution in [1.82, 2.24) is 4.90 Å². The fraction of sp³-hybridized carbons (Fsp3) is 0.440. The molecular weight excluding hydrogens is 408 g/mol. The van der Waals surface area contributed by atoms with Crippen LogP contribution in [0.1, 0.15) is 60.8 Å². The number of benzene rings is 2. The SMILES string of the molecule is CCOc1cc(C(C)N(CCOCc2ccccc2)C(N)=O)c(C)c(OCC)c1C(C)=O. The van der Waals surface area contributed by atoms with E-state index in [1.54, 1.807) is 4.90 Å². The van der Waals surface area contributed by atoms with Gasteiger partial charge in [0.05, 0.1) is 32.5 Å². The number of ketones is 1. The van der Waals surface area contributed by atoms with E-state index in [9.17, 15) is 9.59 Å². The first-order chi connectivity index (χ1) is 15.3. The summed E-state index contributed by atoms with van der Waals surface area (Å²) in [5.41, 5.74) is 8.77. The van der Waals surface area contributed by atoms with Gasteiger partial charge in [0.1, 0.15) is 17.1 Å². The summed E-state index contributed by atoms with van der Waals surface area (Å²) in [4.78, 5) is 26.2. The second-order valence-corrected chi connectivity index (χ2v) is 7.46. The Morgan fingerprint density at radius 3 is 2.31 bits per heavy atom. The van der Waals surface area contributed by atoms with Crippen molar-refractivity contribution < 1.29 is 23.8 Å². The number of ether oxygens (including phenoxy) is 3. The maximum atomic E-state index is 12.3. The predicted octanol–water partition coefficient (Wildman–Crippen LogP) is 4.65. The molecule has 0 aliphatic heterocycles. The fourth-order valence-electron chi connectivity index (χ4n) is 3.70. The molecule has 0 heterocycles. The summed E-state index contributed by atoms with van der Waals surface area (Å²) >= 11 is 0. The molecule has 0 bridgehead atoms. The van der Waals surface area contributed by atoms with Gasteiger partial charge in [0.25, 0.3) is 0 Å². The molecule has 0 aliphatic carbocycles. The zero-order valence-corrected chi connectivity index (χ0v) is 19.6. The van der Waals surface area contributed by atoms with Crippen molar-refractivity contribution in [2.45, 2.75) is 47.3 Å². The van der Waals surface area contributed by atoms with Crippen LogP contribution in [-0.4, -0.2) is 43.1 Å². The quantitative estimate of drug-likeness (QED) is 0.381. The van der Waals surface area contributed by atoms with Crippen molar-refractivity contribution in [2.24, 2.45) is 5.73 Å². The molecule has 2 amide bonds. The highest BCUT2D eigenvalue weighted by Gasteiger charge is 2.27. The average Bonchev–Trinajstić information content (AvgIpc) is 2.76. The van der Waals surface area contributed by atoms with Gasteiger partial charge in [-0.3, -0.25) is 4.79 Å². The molecular formula is C25H34N2O5. The predicted molar refractivity (Wildman–Crippen MR) is 124 cm³/mol. The van der Waals surface area contributed by atoms with E-state index in [4.69, 9.17) is 19.9 Å². The van der Waals surface area contributed by atoms with Gasteiger partial charge in [-0.2, -0.15) is 0 Å². The van der Waals surface area contributed by atoms with Gasteiger partial charge in [0.15, 0.2) is 5.78 Å². The Kier molecular flexibility index (Phi) is 9.53. The summed E-state index contributed by atoms with van der Waals surface area (Å²) in [7, 11) is 0. The molecule has 1 unspecified atom stereocenters. The Balaban J connectivity index is 2.29. The van der Waals surface area contributed by atoms with E-state index in [1.165, 1.54) is 6.92 Å². The molecule has 0 saturated heterocycles. The molecule has 174 valence electrons. The molecule has 0 spiro atoms. The van der Waals surface area contributed by atoms with Crippen molar-refractivity contribution in [3.05, 3.63) is 58.7 Å². The first-order valence-corrected chi connectivity index (χ1v) is 10.9. The first kappa shape index (κ1) is 25.2. The van der Waals surface area contributed by atoms with Crippen LogP contribution in [0.5, 0.6) is 11.5 Å². The molecule has 0 fully saturated rings. The van der Waals surface area contributed by atoms with Crippen molar-refractivity contribution >= 4 is 11.8 Å². The zero-order chi connectivity index (χ0) is 23.7. The number of hydrogen-bond acceptors (Lipinski definition) is 5. The van der Waals surface area contributed by atoms with E-state index >= 15 is 0 Å². The number of amides is 2. The first-order valence-electron chi connectivity index (χ1n) is 10.9. The van der Waals surface area contributed by atoms with Gasteiger partial charge in [-0.1, -0.05) is 30.3 Å². The molecule has 7 heteroatoms. The van der Waals surface area contributed by atoms with Crippen LogP contribution in [0.2, 0.25) is 0 Å². The van der Waals surface area contributed by atoms with E-state index in [2.05, 4.69) is 0 Å². The van der Waals surface area contributed by atoms with E-state index in [-0.39, 0.29) is 11.8 Å². The van der Waals surface area contributed by atoms with Crippen molar-refractivity contribution in [1.29, 1.82) is 0 Å². The minimum absolute atomic E-state index is 0.139. The van der Waals surface area contributed by atoms with Crippen LogP contribution in [0.25, 0.3) is 0 Å². The number of Topliss-reactive ketones (excluding diaryl/α,β-unsaturated/α-hetero) is 1. The van der Waals surface area contributed by atoms with Crippen LogP contribution in [0.15, 0.2) is 36.4 Å². The standard InChI is InChI=1S/C25H34N2O5/c1-6-31-22-15-21(17(3)24(32-7-2)23(22)19(5)28)18(4)27(25(26)29)13-14-30-16-20-11-9-8-10-12-20/h8-12,15,18H,6-7,13-14,16H2,1-5H3,(H2,26,29). The molecule has 0 radical (unpaired) electrons. The molecule has 2 aromatic rings. The lowest BCUT2D eigenvalue weighted by molar-refractivity contribution is 0.0913. The molecule has 0 aromatic heterocycles. The van der Waals surface area contributed by atoms with Gasteiger partial charge in [-0.15, -0.1) is 0 Å². The van der Waals surface area contributed by atoms with E-state index in [0.717, 1.165) is 16.7 Å². The number of nitrogens with two attached hydrogens (primary N) is 1. The molecule has 2 aromatic carbocycles. The van der Waals surface area contributed by atoms with Crippen LogP contribution < -0.4 is 15.2 Å². The monoisotopic (exact) mass is 442 g/mol. The number of rotatable bonds is 12. The number of hydrogen-bond donors (Lipinski definition) is 1. The summed E-state index contributed by atoms with van der Waals surface area (Å²) < 4.78 is 17.3. The fourth-order valence-corrected chi connectivity index (χ4v) is 3.70. The minimum atomic E-state index is -0.549. The highest BCUT2D eigenvalue weighted by molar-refractivity contribution is 6.00. The molecule has 0 aliphatic rings. The largest absolute Gasteiger partial charge is 0.493 e. The van der Waals surface area contributed by atoms with Gasteiger partial charge in [0.2, 0.25) is 0 Å². The highest BCUT2D eigenvalue weighted by atomic mass is 16.5. The van der Waals surface area contributed by atoms with Gasteiger partial charge >= 0.3 is 6.03 Å². The van der Waals surface area contributed by atoms with Crippen LogP contribution in [-0.2, 0) is 11.3 Å². The number of urea groups is 1. The van der Waals surface area contributed by atoms with Gasteiger partial charge < -0.3 is 24.8 Å². The van der Waals surface area contributed by atoms with Crippen molar-refractivity contribution in [3.8, 4) is 11.5 Å². The summed E-state index contributed by atoms with van der Waals surface area (Å²) in [6.07, 6.45) is 0. The summed E-state index contributed by atoms with van der Waals surface area (Å²) in [6, 6.07) is 10.7. The second-order valence-electron chi connectivity index (χ2n) is 7.46. The topological polar surface area (TPSA) is 91.1 Å². The Hall–Kier alpha value is -3.06. The molecule has 1 atom stereocenters. The van der Waals surface area contributed by atoms with Crippen LogP contribution >= 0.6 is 0 Å². The van der Waals surface area contributed by atoms with Crippen LogP contribution in [0.3, 0.4) is 0 Å². The maximum absolute atomic E-state index is 12.3. The third-order valence-electron chi connectivity index (χ3n) is 5.26. The highest BCUT2D eigenvalue weighted by Crippen LogP contribution is 2.39. The van der Waals surface area contributed by atoms with E-state index in [0.29, 0.717) is 50.0 Å². The Morgan fingerprint density at radius 1 is 1.09 bits per heavy atom. The Morgan fingerprint density at radius 2 is 1.75 bits per heavy atom. The van der Waals surface area contributed by atoms with Gasteiger partial charge in [-0.25, -0.2) is 4.79 Å². The smallest absolute Gasteiger partial charge is 0.315 e. The maximum Gasteiger partial charge on any atom is 0.315 e. The number of nitrogens with zero attached hydrogens (tertiary/aromatic N) is 1. The number of carbonyl (C=O) groups excluding carboxylic acids is 2. The van der Waals surface area contributed by atoms with Crippen molar-refractivity contribution in [2.75, 3.05) is 26.4 Å². The van der Waals surface area contributed by atoms with E-state index < -0.39 is 6.03 Å². The van der Waals surface area contributed by atoms with Crippen LogP contribution in [0, 0.1) is 6.92 Å². The number of primary amides is 1. The third kappa shape index (κ3) is 6.23. The number of carbonyl (C=O) groups is 2. The third-order valence-corrected chi connectivity index (χ3v) is 5.26. The van der Waals surface area contributed by atoms with Crippen LogP contribution in [0.4, 0.5) is 4.79 Å². The molecule has 32 heavy (non-hydrogen) atoms. The lowest BCUT2D eigenvalue weighted by Gasteiger charge is -2.30. The zero-order valence-electron chi connectivity index (χ0n) is 19.6. The summed E-state index contributed by atoms with van der Waals surface area (Å²) in [5, 5.41) is 0. The lowest BCUT2D eigenvalue weighted by atomic mass is 9.95. The summed E-state index contributed by atoms with van der Waals surface area (Å²) in [6.45, 7) is 10.9. The average molecular weight is 443 g/mol. The molecule has 2 N–H and O–H groups in total. The minimum Gasteiger partial charge on any atom is -0.493 e. The van der Waals surface area contributed by atoms with E-state index in [1.807, 2.05) is 64.1 Å². The molecule has 2 rings (SSSR count). The second kappa shape index (κ2) is 12.1. The summed E-state index contributed by atoms with van der Waals surface area (Å²) in [5.74, 6) is 0.790. The van der Waals surface area contributed by atoms with Crippen molar-refractivity contribution in [3.63, 3.8) is 0 Å². The Labute approximate surface area is 190 Å². The van der Waals surface area contributed by atoms with Gasteiger partial charge in [0, 0.05) is 6.54 Å².